The number of aromatic amines is 1. The van der Waals surface area contributed by atoms with Gasteiger partial charge in [-0.1, -0.05) is 18.2 Å². The van der Waals surface area contributed by atoms with E-state index in [0.29, 0.717) is 28.1 Å². The van der Waals surface area contributed by atoms with Crippen LogP contribution in [0.15, 0.2) is 59.9 Å². The number of hydrogen-bond donors (Lipinski definition) is 1. The number of aromatic nitrogens is 6. The first-order chi connectivity index (χ1) is 15.7. The lowest BCUT2D eigenvalue weighted by Gasteiger charge is -2.36. The van der Waals surface area contributed by atoms with Crippen LogP contribution in [0.5, 0.6) is 0 Å². The quantitative estimate of drug-likeness (QED) is 0.477. The summed E-state index contributed by atoms with van der Waals surface area (Å²) in [6.45, 7) is 0. The fourth-order valence-electron chi connectivity index (χ4n) is 4.61. The lowest BCUT2D eigenvalue weighted by molar-refractivity contribution is 0.318. The molecule has 4 heterocycles. The molecule has 8 nitrogen and oxygen atoms in total. The Hall–Kier alpha value is -4.32. The van der Waals surface area contributed by atoms with Crippen LogP contribution in [0.3, 0.4) is 0 Å². The third-order valence-electron chi connectivity index (χ3n) is 6.25. The highest BCUT2D eigenvalue weighted by Crippen LogP contribution is 2.49. The molecule has 0 amide bonds. The van der Waals surface area contributed by atoms with Gasteiger partial charge in [0, 0.05) is 24.2 Å². The van der Waals surface area contributed by atoms with Gasteiger partial charge in [0.05, 0.1) is 22.3 Å². The summed E-state index contributed by atoms with van der Waals surface area (Å²) in [5.74, 6) is -0.242. The molecule has 5 aromatic rings. The molecule has 9 heteroatoms. The Morgan fingerprint density at radius 1 is 1.12 bits per heavy atom. The lowest BCUT2D eigenvalue weighted by atomic mass is 9.70. The summed E-state index contributed by atoms with van der Waals surface area (Å²) in [6.07, 6.45) is 6.18. The zero-order chi connectivity index (χ0) is 21.8. The van der Waals surface area contributed by atoms with E-state index < -0.39 is 11.4 Å². The molecular weight excluding hydrogens is 409 g/mol. The van der Waals surface area contributed by atoms with E-state index >= 15 is 0 Å². The zero-order valence-corrected chi connectivity index (χ0v) is 16.7. The van der Waals surface area contributed by atoms with Crippen LogP contribution in [-0.2, 0) is 0 Å². The van der Waals surface area contributed by atoms with E-state index in [1.165, 1.54) is 27.7 Å². The maximum atomic E-state index is 14.4. The molecule has 0 aliphatic heterocycles. The van der Waals surface area contributed by atoms with Crippen molar-refractivity contribution in [2.45, 2.75) is 24.7 Å². The molecule has 1 fully saturated rings. The molecule has 1 aliphatic rings. The van der Waals surface area contributed by atoms with Crippen molar-refractivity contribution in [3.63, 3.8) is 0 Å². The minimum Gasteiger partial charge on any atom is -0.345 e. The van der Waals surface area contributed by atoms with Gasteiger partial charge in [0.15, 0.2) is 11.3 Å². The maximum Gasteiger partial charge on any atom is 0.285 e. The van der Waals surface area contributed by atoms with Crippen molar-refractivity contribution in [1.29, 1.82) is 5.26 Å². The number of H-pyrrole nitrogens is 1. The summed E-state index contributed by atoms with van der Waals surface area (Å²) in [4.78, 5) is 25.1. The van der Waals surface area contributed by atoms with Crippen molar-refractivity contribution >= 4 is 16.6 Å². The van der Waals surface area contributed by atoms with Gasteiger partial charge in [-0.15, -0.1) is 0 Å². The Bertz CT molecular complexity index is 1590. The van der Waals surface area contributed by atoms with Crippen LogP contribution in [0, 0.1) is 17.1 Å². The number of nitrogens with zero attached hydrogens (tertiary/aromatic N) is 6. The second-order valence-electron chi connectivity index (χ2n) is 7.88. The minimum absolute atomic E-state index is 0.0527. The number of nitriles is 1. The minimum atomic E-state index is -0.604. The summed E-state index contributed by atoms with van der Waals surface area (Å²) in [5, 5.41) is 14.9. The van der Waals surface area contributed by atoms with Crippen LogP contribution >= 0.6 is 0 Å². The zero-order valence-electron chi connectivity index (χ0n) is 16.7. The van der Waals surface area contributed by atoms with Gasteiger partial charge in [0.25, 0.3) is 5.56 Å². The summed E-state index contributed by atoms with van der Waals surface area (Å²) >= 11 is 0. The summed E-state index contributed by atoms with van der Waals surface area (Å²) in [6, 6.07) is 12.6. The molecule has 0 spiro atoms. The Balaban J connectivity index is 1.58. The number of benzene rings is 1. The summed E-state index contributed by atoms with van der Waals surface area (Å²) < 4.78 is 17.2. The predicted molar refractivity (Wildman–Crippen MR) is 114 cm³/mol. The van der Waals surface area contributed by atoms with E-state index in [-0.39, 0.29) is 17.4 Å². The molecule has 1 saturated carbocycles. The smallest absolute Gasteiger partial charge is 0.285 e. The van der Waals surface area contributed by atoms with Crippen LogP contribution in [0.25, 0.3) is 22.2 Å². The van der Waals surface area contributed by atoms with Crippen molar-refractivity contribution in [2.24, 2.45) is 0 Å². The van der Waals surface area contributed by atoms with E-state index in [9.17, 15) is 14.4 Å². The number of fused-ring (bicyclic) bond motifs is 2. The molecule has 2 atom stereocenters. The second kappa shape index (κ2) is 6.85. The average molecular weight is 425 g/mol. The molecule has 1 aromatic carbocycles. The topological polar surface area (TPSA) is 105 Å². The molecule has 4 aromatic heterocycles. The lowest BCUT2D eigenvalue weighted by Crippen LogP contribution is -2.33. The van der Waals surface area contributed by atoms with E-state index in [1.807, 2.05) is 18.2 Å². The Morgan fingerprint density at radius 3 is 2.69 bits per heavy atom. The number of halogens is 1. The molecule has 1 unspecified atom stereocenters. The first kappa shape index (κ1) is 18.4. The number of hydrogen-bond acceptors (Lipinski definition) is 5. The standard InChI is InChI=1S/C23H16FN7O/c24-17-8-9-30-20(17)23(32)31(14-4-2-1-3-5-14)22(29-30)16-7-6-15(16)19-18-13(10-25)11-26-21(18)28-12-27-19/h1-5,8-9,11-12,15-16H,6-7H2,(H,26,27,28)/t15?,16-/m1/s1. The second-order valence-corrected chi connectivity index (χ2v) is 7.88. The number of nitrogens with one attached hydrogen (secondary N) is 1. The van der Waals surface area contributed by atoms with Gasteiger partial charge >= 0.3 is 0 Å². The van der Waals surface area contributed by atoms with Crippen molar-refractivity contribution in [3.8, 4) is 11.8 Å². The van der Waals surface area contributed by atoms with Crippen molar-refractivity contribution < 1.29 is 4.39 Å². The van der Waals surface area contributed by atoms with E-state index in [2.05, 4.69) is 26.1 Å². The third-order valence-corrected chi connectivity index (χ3v) is 6.25. The van der Waals surface area contributed by atoms with Crippen molar-refractivity contribution in [2.75, 3.05) is 0 Å². The van der Waals surface area contributed by atoms with E-state index in [4.69, 9.17) is 0 Å². The Kier molecular flexibility index (Phi) is 3.95. The van der Waals surface area contributed by atoms with Crippen molar-refractivity contribution in [3.05, 3.63) is 88.4 Å². The van der Waals surface area contributed by atoms with Gasteiger partial charge < -0.3 is 4.98 Å². The monoisotopic (exact) mass is 425 g/mol. The Morgan fingerprint density at radius 2 is 1.94 bits per heavy atom. The SMILES string of the molecule is N#Cc1c[nH]c2ncnc(C3CC[C@H]3c3nn4ccc(F)c4c(=O)n3-c3ccccc3)c12. The average Bonchev–Trinajstić information content (AvgIpc) is 3.38. The summed E-state index contributed by atoms with van der Waals surface area (Å²) in [7, 11) is 0. The molecule has 32 heavy (non-hydrogen) atoms. The van der Waals surface area contributed by atoms with Crippen LogP contribution < -0.4 is 5.56 Å². The van der Waals surface area contributed by atoms with Crippen LogP contribution in [0.1, 0.15) is 41.8 Å². The first-order valence-corrected chi connectivity index (χ1v) is 10.2. The van der Waals surface area contributed by atoms with Gasteiger partial charge in [-0.05, 0) is 31.0 Å². The van der Waals surface area contributed by atoms with Gasteiger partial charge in [0.2, 0.25) is 0 Å². The fourth-order valence-corrected chi connectivity index (χ4v) is 4.61. The highest BCUT2D eigenvalue weighted by Gasteiger charge is 2.40. The molecule has 1 aliphatic carbocycles. The van der Waals surface area contributed by atoms with Gasteiger partial charge in [-0.3, -0.25) is 9.36 Å². The van der Waals surface area contributed by atoms with Crippen molar-refractivity contribution in [1.82, 2.24) is 29.1 Å². The maximum absolute atomic E-state index is 14.4. The predicted octanol–water partition coefficient (Wildman–Crippen LogP) is 3.43. The fraction of sp³-hybridized carbons (Fsp3) is 0.174. The third kappa shape index (κ3) is 2.53. The summed E-state index contributed by atoms with van der Waals surface area (Å²) in [5.41, 5.74) is 1.93. The van der Waals surface area contributed by atoms with Crippen LogP contribution in [-0.4, -0.2) is 29.1 Å². The molecule has 6 rings (SSSR count). The molecule has 156 valence electrons. The van der Waals surface area contributed by atoms with Gasteiger partial charge in [-0.25, -0.2) is 18.9 Å². The van der Waals surface area contributed by atoms with Crippen LogP contribution in [0.4, 0.5) is 4.39 Å². The molecule has 0 saturated heterocycles. The molecule has 0 radical (unpaired) electrons. The first-order valence-electron chi connectivity index (χ1n) is 10.2. The van der Waals surface area contributed by atoms with E-state index in [0.717, 1.165) is 18.5 Å². The number of para-hydroxylation sites is 1. The normalized spacial score (nSPS) is 18.0. The van der Waals surface area contributed by atoms with Gasteiger partial charge in [-0.2, -0.15) is 10.4 Å². The number of rotatable bonds is 3. The van der Waals surface area contributed by atoms with Gasteiger partial charge in [0.1, 0.15) is 23.9 Å². The molecule has 1 N–H and O–H groups in total. The molecular formula is C23H16FN7O. The highest BCUT2D eigenvalue weighted by atomic mass is 19.1. The van der Waals surface area contributed by atoms with E-state index in [1.54, 1.807) is 18.3 Å². The Labute approximate surface area is 180 Å². The van der Waals surface area contributed by atoms with Crippen LogP contribution in [0.2, 0.25) is 0 Å². The highest BCUT2D eigenvalue weighted by molar-refractivity contribution is 5.85. The largest absolute Gasteiger partial charge is 0.345 e. The molecule has 0 bridgehead atoms.